The van der Waals surface area contributed by atoms with Gasteiger partial charge >= 0.3 is 0 Å². The van der Waals surface area contributed by atoms with Gasteiger partial charge in [-0.3, -0.25) is 4.79 Å². The van der Waals surface area contributed by atoms with Crippen LogP contribution >= 0.6 is 0 Å². The van der Waals surface area contributed by atoms with Crippen molar-refractivity contribution in [2.24, 2.45) is 0 Å². The minimum atomic E-state index is -0.158. The Bertz CT molecular complexity index is 878. The van der Waals surface area contributed by atoms with Gasteiger partial charge in [0.05, 0.1) is 24.0 Å². The van der Waals surface area contributed by atoms with E-state index in [2.05, 4.69) is 17.2 Å². The molecular formula is C21H21N3O2. The minimum absolute atomic E-state index is 0.158. The number of anilines is 1. The lowest BCUT2D eigenvalue weighted by Crippen LogP contribution is -2.17. The number of hydrogen-bond acceptors (Lipinski definition) is 4. The zero-order valence-corrected chi connectivity index (χ0v) is 14.6. The van der Waals surface area contributed by atoms with Crippen molar-refractivity contribution in [2.45, 2.75) is 26.2 Å². The third-order valence-electron chi connectivity index (χ3n) is 3.96. The van der Waals surface area contributed by atoms with E-state index in [1.54, 1.807) is 30.5 Å². The van der Waals surface area contributed by atoms with Crippen LogP contribution in [0.5, 0.6) is 5.75 Å². The van der Waals surface area contributed by atoms with Gasteiger partial charge in [0, 0.05) is 5.56 Å². The summed E-state index contributed by atoms with van der Waals surface area (Å²) < 4.78 is 0. The van der Waals surface area contributed by atoms with Crippen LogP contribution in [0, 0.1) is 0 Å². The highest BCUT2D eigenvalue weighted by atomic mass is 16.3. The highest BCUT2D eigenvalue weighted by molar-refractivity contribution is 5.92. The maximum atomic E-state index is 12.3. The topological polar surface area (TPSA) is 75.1 Å². The Balaban J connectivity index is 1.78. The smallest absolute Gasteiger partial charge is 0.229 e. The van der Waals surface area contributed by atoms with Crippen LogP contribution in [0.4, 0.5) is 5.82 Å². The van der Waals surface area contributed by atoms with Crippen LogP contribution < -0.4 is 5.32 Å². The fraction of sp³-hybridized carbons (Fsp3) is 0.190. The third-order valence-corrected chi connectivity index (χ3v) is 3.96. The summed E-state index contributed by atoms with van der Waals surface area (Å²) in [6, 6.07) is 16.5. The number of aryl methyl sites for hydroxylation is 1. The molecule has 3 aromatic rings. The van der Waals surface area contributed by atoms with Crippen LogP contribution in [0.15, 0.2) is 60.8 Å². The number of nitrogens with zero attached hydrogens (tertiary/aromatic N) is 2. The largest absolute Gasteiger partial charge is 0.508 e. The summed E-state index contributed by atoms with van der Waals surface area (Å²) >= 11 is 0. The first-order valence-corrected chi connectivity index (χ1v) is 8.65. The summed E-state index contributed by atoms with van der Waals surface area (Å²) in [6.45, 7) is 2.07. The van der Waals surface area contributed by atoms with E-state index in [9.17, 15) is 9.90 Å². The molecule has 132 valence electrons. The van der Waals surface area contributed by atoms with E-state index < -0.39 is 0 Å². The Labute approximate surface area is 152 Å². The maximum absolute atomic E-state index is 12.3. The number of benzene rings is 2. The number of carbonyl (C=O) groups is 1. The van der Waals surface area contributed by atoms with E-state index in [1.807, 2.05) is 30.3 Å². The predicted molar refractivity (Wildman–Crippen MR) is 102 cm³/mol. The summed E-state index contributed by atoms with van der Waals surface area (Å²) in [5, 5.41) is 12.2. The van der Waals surface area contributed by atoms with Crippen molar-refractivity contribution in [1.82, 2.24) is 9.97 Å². The second kappa shape index (κ2) is 8.25. The highest BCUT2D eigenvalue weighted by Crippen LogP contribution is 2.20. The Morgan fingerprint density at radius 1 is 1.08 bits per heavy atom. The quantitative estimate of drug-likeness (QED) is 0.707. The molecule has 0 atom stereocenters. The number of aromatic nitrogens is 2. The molecule has 0 radical (unpaired) electrons. The van der Waals surface area contributed by atoms with Crippen LogP contribution in [0.2, 0.25) is 0 Å². The van der Waals surface area contributed by atoms with Crippen molar-refractivity contribution in [3.63, 3.8) is 0 Å². The summed E-state index contributed by atoms with van der Waals surface area (Å²) in [6.07, 6.45) is 3.55. The molecule has 0 fully saturated rings. The highest BCUT2D eigenvalue weighted by Gasteiger charge is 2.12. The molecule has 5 heteroatoms. The number of amides is 1. The first-order valence-electron chi connectivity index (χ1n) is 8.65. The van der Waals surface area contributed by atoms with E-state index in [4.69, 9.17) is 4.98 Å². The number of nitrogens with one attached hydrogen (secondary N) is 1. The first-order chi connectivity index (χ1) is 12.7. The van der Waals surface area contributed by atoms with Gasteiger partial charge in [0.25, 0.3) is 0 Å². The fourth-order valence-corrected chi connectivity index (χ4v) is 2.67. The number of carbonyl (C=O) groups excluding carboxylic acids is 1. The third kappa shape index (κ3) is 4.45. The molecule has 3 rings (SSSR count). The SMILES string of the molecule is CCCc1nc(-c2ccccc2)cnc1NC(=O)Cc1ccc(O)cc1. The Morgan fingerprint density at radius 3 is 2.50 bits per heavy atom. The van der Waals surface area contributed by atoms with Crippen LogP contribution in [-0.2, 0) is 17.6 Å². The molecule has 1 heterocycles. The number of phenols is 1. The van der Waals surface area contributed by atoms with Crippen molar-refractivity contribution < 1.29 is 9.90 Å². The number of hydrogen-bond donors (Lipinski definition) is 2. The Kier molecular flexibility index (Phi) is 5.59. The molecule has 1 amide bonds. The number of phenolic OH excluding ortho intramolecular Hbond substituents is 1. The van der Waals surface area contributed by atoms with Crippen molar-refractivity contribution >= 4 is 11.7 Å². The number of aromatic hydroxyl groups is 1. The van der Waals surface area contributed by atoms with Crippen molar-refractivity contribution in [3.8, 4) is 17.0 Å². The summed E-state index contributed by atoms with van der Waals surface area (Å²) in [7, 11) is 0. The van der Waals surface area contributed by atoms with Crippen molar-refractivity contribution in [2.75, 3.05) is 5.32 Å². The van der Waals surface area contributed by atoms with Crippen molar-refractivity contribution in [1.29, 1.82) is 0 Å². The molecule has 1 aromatic heterocycles. The minimum Gasteiger partial charge on any atom is -0.508 e. The normalized spacial score (nSPS) is 10.5. The monoisotopic (exact) mass is 347 g/mol. The summed E-state index contributed by atoms with van der Waals surface area (Å²) in [5.74, 6) is 0.534. The van der Waals surface area contributed by atoms with E-state index in [0.717, 1.165) is 35.4 Å². The number of rotatable bonds is 6. The first kappa shape index (κ1) is 17.6. The lowest BCUT2D eigenvalue weighted by Gasteiger charge is -2.11. The molecule has 0 saturated carbocycles. The lowest BCUT2D eigenvalue weighted by atomic mass is 10.1. The Hall–Kier alpha value is -3.21. The van der Waals surface area contributed by atoms with Gasteiger partial charge in [-0.25, -0.2) is 9.97 Å². The van der Waals surface area contributed by atoms with Crippen LogP contribution in [-0.4, -0.2) is 21.0 Å². The van der Waals surface area contributed by atoms with E-state index >= 15 is 0 Å². The van der Waals surface area contributed by atoms with Gasteiger partial charge in [0.1, 0.15) is 5.75 Å². The average molecular weight is 347 g/mol. The molecule has 5 nitrogen and oxygen atoms in total. The van der Waals surface area contributed by atoms with Gasteiger partial charge in [0.15, 0.2) is 5.82 Å². The van der Waals surface area contributed by atoms with E-state index in [1.165, 1.54) is 0 Å². The molecule has 0 spiro atoms. The molecule has 0 aliphatic rings. The maximum Gasteiger partial charge on any atom is 0.229 e. The van der Waals surface area contributed by atoms with Crippen LogP contribution in [0.1, 0.15) is 24.6 Å². The summed E-state index contributed by atoms with van der Waals surface area (Å²) in [4.78, 5) is 21.5. The molecule has 0 aliphatic carbocycles. The molecule has 2 aromatic carbocycles. The molecule has 26 heavy (non-hydrogen) atoms. The van der Waals surface area contributed by atoms with Gasteiger partial charge in [0.2, 0.25) is 5.91 Å². The van der Waals surface area contributed by atoms with Gasteiger partial charge < -0.3 is 10.4 Å². The zero-order chi connectivity index (χ0) is 18.4. The van der Waals surface area contributed by atoms with Crippen LogP contribution in [0.3, 0.4) is 0 Å². The second-order valence-corrected chi connectivity index (χ2v) is 6.06. The fourth-order valence-electron chi connectivity index (χ4n) is 2.67. The molecule has 2 N–H and O–H groups in total. The van der Waals surface area contributed by atoms with E-state index in [0.29, 0.717) is 5.82 Å². The van der Waals surface area contributed by atoms with Crippen LogP contribution in [0.25, 0.3) is 11.3 Å². The van der Waals surface area contributed by atoms with Gasteiger partial charge in [-0.1, -0.05) is 55.8 Å². The molecule has 0 aliphatic heterocycles. The predicted octanol–water partition coefficient (Wildman–Crippen LogP) is 3.98. The zero-order valence-electron chi connectivity index (χ0n) is 14.6. The average Bonchev–Trinajstić information content (AvgIpc) is 2.66. The molecule has 0 saturated heterocycles. The molecule has 0 unspecified atom stereocenters. The second-order valence-electron chi connectivity index (χ2n) is 6.06. The molecular weight excluding hydrogens is 326 g/mol. The van der Waals surface area contributed by atoms with Gasteiger partial charge in [-0.2, -0.15) is 0 Å². The Morgan fingerprint density at radius 2 is 1.81 bits per heavy atom. The van der Waals surface area contributed by atoms with Gasteiger partial charge in [-0.15, -0.1) is 0 Å². The van der Waals surface area contributed by atoms with Crippen molar-refractivity contribution in [3.05, 3.63) is 72.1 Å². The summed E-state index contributed by atoms with van der Waals surface area (Å²) in [5.41, 5.74) is 3.41. The molecule has 0 bridgehead atoms. The standard InChI is InChI=1S/C21H21N3O2/c1-2-6-18-21(22-14-19(23-18)16-7-4-3-5-8-16)24-20(26)13-15-9-11-17(25)12-10-15/h3-5,7-12,14,25H,2,6,13H2,1H3,(H,22,24,26). The van der Waals surface area contributed by atoms with Gasteiger partial charge in [-0.05, 0) is 24.1 Å². The lowest BCUT2D eigenvalue weighted by molar-refractivity contribution is -0.115. The van der Waals surface area contributed by atoms with E-state index in [-0.39, 0.29) is 18.1 Å².